The van der Waals surface area contributed by atoms with Gasteiger partial charge in [0.25, 0.3) is 0 Å². The second-order valence-corrected chi connectivity index (χ2v) is 7.42. The molecule has 1 aliphatic heterocycles. The van der Waals surface area contributed by atoms with Crippen molar-refractivity contribution in [1.82, 2.24) is 4.90 Å². The van der Waals surface area contributed by atoms with Gasteiger partial charge in [-0.25, -0.2) is 0 Å². The van der Waals surface area contributed by atoms with Gasteiger partial charge in [0, 0.05) is 0 Å². The molecule has 1 atom stereocenters. The monoisotopic (exact) mass is 399 g/mol. The van der Waals surface area contributed by atoms with Crippen LogP contribution in [-0.4, -0.2) is 39.0 Å². The van der Waals surface area contributed by atoms with Gasteiger partial charge in [-0.15, -0.1) is 4.33 Å². The van der Waals surface area contributed by atoms with E-state index in [0.717, 1.165) is 5.56 Å². The lowest BCUT2D eigenvalue weighted by atomic mass is 10.0. The van der Waals surface area contributed by atoms with E-state index in [1.165, 1.54) is 0 Å². The zero-order valence-electron chi connectivity index (χ0n) is 15.6. The summed E-state index contributed by atoms with van der Waals surface area (Å²) in [6.45, 7) is 3.99. The van der Waals surface area contributed by atoms with Gasteiger partial charge < -0.3 is 15.2 Å². The predicted molar refractivity (Wildman–Crippen MR) is 105 cm³/mol. The largest absolute Gasteiger partial charge is 0.444 e. The van der Waals surface area contributed by atoms with Crippen molar-refractivity contribution in [2.45, 2.75) is 32.0 Å². The van der Waals surface area contributed by atoms with Gasteiger partial charge >= 0.3 is 11.0 Å². The molecule has 1 heterocycles. The number of ether oxygens (including phenoxy) is 1. The molecule has 0 N–H and O–H groups in total. The topological polar surface area (TPSA) is 84.4 Å². The molecule has 3 rings (SSSR count). The average molecular weight is 399 g/mol. The first kappa shape index (κ1) is 20.1. The maximum atomic E-state index is 13.0. The van der Waals surface area contributed by atoms with Gasteiger partial charge in [-0.05, 0) is 38.0 Å². The lowest BCUT2D eigenvalue weighted by Crippen LogP contribution is -2.51. The summed E-state index contributed by atoms with van der Waals surface area (Å²) < 4.78 is 10.8. The number of carbonyl (C=O) groups is 1. The first-order valence-corrected chi connectivity index (χ1v) is 9.55. The molecule has 0 aliphatic carbocycles. The molecule has 1 aliphatic rings. The van der Waals surface area contributed by atoms with Gasteiger partial charge in [0.2, 0.25) is 0 Å². The van der Waals surface area contributed by atoms with Crippen LogP contribution in [0.5, 0.6) is 5.75 Å². The van der Waals surface area contributed by atoms with Gasteiger partial charge in [0.1, 0.15) is 5.72 Å². The lowest BCUT2D eigenvalue weighted by Gasteiger charge is -2.32. The Bertz CT molecular complexity index is 854. The van der Waals surface area contributed by atoms with E-state index in [0.29, 0.717) is 30.8 Å². The maximum Gasteiger partial charge on any atom is 0.444 e. The van der Waals surface area contributed by atoms with Gasteiger partial charge in [0.05, 0.1) is 12.6 Å². The third-order valence-corrected chi connectivity index (χ3v) is 4.92. The van der Waals surface area contributed by atoms with E-state index in [-0.39, 0.29) is 11.1 Å². The molecule has 8 heteroatoms. The summed E-state index contributed by atoms with van der Waals surface area (Å²) in [5, 5.41) is -0.243. The zero-order valence-corrected chi connectivity index (χ0v) is 16.5. The number of nitrogens with zero attached hydrogens (tertiary/aromatic N) is 3. The lowest BCUT2D eigenvalue weighted by molar-refractivity contribution is -0.142. The first-order valence-electron chi connectivity index (χ1n) is 8.81. The van der Waals surface area contributed by atoms with E-state index in [4.69, 9.17) is 14.0 Å². The van der Waals surface area contributed by atoms with Crippen LogP contribution < -0.4 is 4.89 Å². The van der Waals surface area contributed by atoms with Crippen molar-refractivity contribution in [3.8, 4) is 5.75 Å². The minimum absolute atomic E-state index is 0.197. The molecule has 0 radical (unpaired) electrons. The smallest absolute Gasteiger partial charge is 0.360 e. The van der Waals surface area contributed by atoms with Crippen molar-refractivity contribution in [2.24, 2.45) is 0 Å². The Kier molecular flexibility index (Phi) is 6.49. The fraction of sp³-hybridized carbons (Fsp3) is 0.300. The van der Waals surface area contributed by atoms with E-state index in [1.54, 1.807) is 43.0 Å². The maximum absolute atomic E-state index is 13.0. The van der Waals surface area contributed by atoms with E-state index in [1.807, 2.05) is 36.4 Å². The summed E-state index contributed by atoms with van der Waals surface area (Å²) in [5.74, 6) is -0.0286. The Morgan fingerprint density at radius 2 is 1.86 bits per heavy atom. The molecule has 0 spiro atoms. The molecule has 2 aromatic rings. The molecule has 1 unspecified atom stereocenters. The molecule has 0 aromatic heterocycles. The van der Waals surface area contributed by atoms with Gasteiger partial charge in [-0.3, -0.25) is 9.69 Å². The van der Waals surface area contributed by atoms with Crippen molar-refractivity contribution in [3.63, 3.8) is 0 Å². The molecule has 7 nitrogen and oxygen atoms in total. The zero-order chi connectivity index (χ0) is 20.0. The van der Waals surface area contributed by atoms with Crippen LogP contribution in [0.3, 0.4) is 0 Å². The fourth-order valence-electron chi connectivity index (χ4n) is 3.09. The van der Waals surface area contributed by atoms with Crippen LogP contribution in [0.4, 0.5) is 0 Å². The van der Waals surface area contributed by atoms with Crippen LogP contribution in [0.1, 0.15) is 19.4 Å². The summed E-state index contributed by atoms with van der Waals surface area (Å²) >= 11 is 0.551. The van der Waals surface area contributed by atoms with Crippen LogP contribution in [0, 0.1) is 0 Å². The number of carbonyl (C=O) groups excluding carboxylic acids is 1. The summed E-state index contributed by atoms with van der Waals surface area (Å²) in [6.07, 6.45) is 0.626. The Labute approximate surface area is 168 Å². The Balaban J connectivity index is 1.68. The highest BCUT2D eigenvalue weighted by molar-refractivity contribution is 8.11. The van der Waals surface area contributed by atoms with E-state index >= 15 is 0 Å². The standard InChI is InChI=1S/C20H21N3O4S/c1-20(2)23(16(14-25-20)13-15-9-5-3-6-10-15)19(24)18(22-21)28-27-26-17-11-7-4-8-12-17/h3-12,16H,13-14H2,1-2H3. The average Bonchev–Trinajstić information content (AvgIpc) is 3.00. The molecule has 0 bridgehead atoms. The van der Waals surface area contributed by atoms with Crippen LogP contribution in [0.15, 0.2) is 60.7 Å². The van der Waals surface area contributed by atoms with Crippen LogP contribution in [0.25, 0.3) is 5.53 Å². The molecular formula is C20H21N3O4S. The van der Waals surface area contributed by atoms with Crippen molar-refractivity contribution < 1.29 is 23.5 Å². The molecule has 1 amide bonds. The first-order chi connectivity index (χ1) is 13.5. The summed E-state index contributed by atoms with van der Waals surface area (Å²) in [6, 6.07) is 18.5. The molecule has 1 saturated heterocycles. The molecule has 2 aromatic carbocycles. The fourth-order valence-corrected chi connectivity index (χ4v) is 3.47. The number of hydrogen-bond acceptors (Lipinski definition) is 5. The third-order valence-electron chi connectivity index (χ3n) is 4.37. The number of hydrogen-bond donors (Lipinski definition) is 0. The summed E-state index contributed by atoms with van der Waals surface area (Å²) in [4.78, 5) is 22.8. The van der Waals surface area contributed by atoms with E-state index in [9.17, 15) is 10.3 Å². The van der Waals surface area contributed by atoms with E-state index < -0.39 is 11.6 Å². The van der Waals surface area contributed by atoms with Gasteiger partial charge in [-0.2, -0.15) is 4.79 Å². The Hall–Kier alpha value is -2.64. The summed E-state index contributed by atoms with van der Waals surface area (Å²) in [7, 11) is 0. The molecule has 1 fully saturated rings. The highest BCUT2D eigenvalue weighted by atomic mass is 32.2. The predicted octanol–water partition coefficient (Wildman–Crippen LogP) is 3.48. The number of amides is 1. The van der Waals surface area contributed by atoms with Crippen molar-refractivity contribution >= 4 is 23.0 Å². The van der Waals surface area contributed by atoms with Crippen molar-refractivity contribution in [3.05, 3.63) is 71.8 Å². The Morgan fingerprint density at radius 1 is 1.21 bits per heavy atom. The minimum Gasteiger partial charge on any atom is -0.360 e. The highest BCUT2D eigenvalue weighted by Gasteiger charge is 2.47. The minimum atomic E-state index is -0.840. The normalized spacial score (nSPS) is 17.8. The Morgan fingerprint density at radius 3 is 2.50 bits per heavy atom. The number of rotatable bonds is 5. The molecule has 146 valence electrons. The summed E-state index contributed by atoms with van der Waals surface area (Å²) in [5.41, 5.74) is 9.59. The molecule has 28 heavy (non-hydrogen) atoms. The van der Waals surface area contributed by atoms with Crippen molar-refractivity contribution in [2.75, 3.05) is 6.61 Å². The van der Waals surface area contributed by atoms with Gasteiger partial charge in [0.15, 0.2) is 17.8 Å². The SMILES string of the molecule is CC1(C)OCC(Cc2ccccc2)N1C(=O)C(=[N+]=[N-])SOOc1ccccc1. The van der Waals surface area contributed by atoms with Crippen LogP contribution in [-0.2, 0) is 20.3 Å². The second-order valence-electron chi connectivity index (χ2n) is 6.73. The molecular weight excluding hydrogens is 378 g/mol. The number of benzene rings is 2. The van der Waals surface area contributed by atoms with Gasteiger partial charge in [-0.1, -0.05) is 48.5 Å². The van der Waals surface area contributed by atoms with Crippen LogP contribution >= 0.6 is 12.0 Å². The van der Waals surface area contributed by atoms with Crippen molar-refractivity contribution in [1.29, 1.82) is 0 Å². The number of para-hydroxylation sites is 1. The second kappa shape index (κ2) is 9.03. The quantitative estimate of drug-likeness (QED) is 0.146. The van der Waals surface area contributed by atoms with Crippen LogP contribution in [0.2, 0.25) is 0 Å². The van der Waals surface area contributed by atoms with E-state index in [2.05, 4.69) is 4.79 Å². The third kappa shape index (κ3) is 4.79. The highest BCUT2D eigenvalue weighted by Crippen LogP contribution is 2.30. The molecule has 0 saturated carbocycles.